The number of hydrogen-bond acceptors (Lipinski definition) is 2. The summed E-state index contributed by atoms with van der Waals surface area (Å²) in [5, 5.41) is 6.61. The molecule has 2 aliphatic carbocycles. The van der Waals surface area contributed by atoms with Gasteiger partial charge in [-0.3, -0.25) is 0 Å². The van der Waals surface area contributed by atoms with Gasteiger partial charge in [0.25, 0.3) is 0 Å². The third-order valence-corrected chi connectivity index (χ3v) is 9.84. The Morgan fingerprint density at radius 3 is 2.22 bits per heavy atom. The maximum Gasteiger partial charge on any atom is 0.0590 e. The molecule has 0 amide bonds. The van der Waals surface area contributed by atoms with Crippen molar-refractivity contribution in [3.8, 4) is 22.3 Å². The van der Waals surface area contributed by atoms with E-state index in [0.717, 1.165) is 0 Å². The van der Waals surface area contributed by atoms with Crippen molar-refractivity contribution in [1.29, 1.82) is 0 Å². The third kappa shape index (κ3) is 3.09. The fourth-order valence-corrected chi connectivity index (χ4v) is 8.14. The van der Waals surface area contributed by atoms with Crippen LogP contribution in [0.1, 0.15) is 36.8 Å². The standard InChI is InChI=1S/C35H27NS/c1-2-11-23(12-3-1)27-21-28-24-13-4-6-16-29(24)35(19-8-9-20-35)30(28)22-32(27)36-31-17-10-15-26-25-14-5-7-18-33(25)37-34(26)31/h1-7,10-18,21-22,36H,8-9,19-20H2. The predicted octanol–water partition coefficient (Wildman–Crippen LogP) is 10.3. The van der Waals surface area contributed by atoms with E-state index in [9.17, 15) is 0 Å². The number of rotatable bonds is 3. The lowest BCUT2D eigenvalue weighted by molar-refractivity contribution is 0.550. The fourth-order valence-electron chi connectivity index (χ4n) is 6.97. The molecule has 6 aromatic rings. The Hall–Kier alpha value is -3.88. The molecule has 178 valence electrons. The number of anilines is 2. The molecule has 1 N–H and O–H groups in total. The summed E-state index contributed by atoms with van der Waals surface area (Å²) < 4.78 is 2.66. The van der Waals surface area contributed by atoms with Gasteiger partial charge >= 0.3 is 0 Å². The minimum atomic E-state index is 0.154. The summed E-state index contributed by atoms with van der Waals surface area (Å²) >= 11 is 1.88. The minimum Gasteiger partial charge on any atom is -0.354 e. The van der Waals surface area contributed by atoms with Crippen molar-refractivity contribution in [3.63, 3.8) is 0 Å². The Kier molecular flexibility index (Phi) is 4.62. The van der Waals surface area contributed by atoms with Gasteiger partial charge in [0.1, 0.15) is 0 Å². The van der Waals surface area contributed by atoms with E-state index in [0.29, 0.717) is 0 Å². The Morgan fingerprint density at radius 1 is 0.568 bits per heavy atom. The van der Waals surface area contributed by atoms with E-state index in [1.165, 1.54) is 90.6 Å². The number of benzene rings is 5. The van der Waals surface area contributed by atoms with E-state index in [1.54, 1.807) is 0 Å². The zero-order chi connectivity index (χ0) is 24.4. The summed E-state index contributed by atoms with van der Waals surface area (Å²) in [6, 6.07) is 40.4. The molecule has 37 heavy (non-hydrogen) atoms. The highest BCUT2D eigenvalue weighted by atomic mass is 32.1. The number of hydrogen-bond donors (Lipinski definition) is 1. The van der Waals surface area contributed by atoms with Gasteiger partial charge in [-0.05, 0) is 64.9 Å². The SMILES string of the molecule is c1ccc(-c2cc3c(cc2Nc2cccc4c2sc2ccccc24)C2(CCCC2)c2ccccc2-3)cc1. The van der Waals surface area contributed by atoms with Crippen molar-refractivity contribution in [2.24, 2.45) is 0 Å². The average molecular weight is 494 g/mol. The number of thiophene rings is 1. The van der Waals surface area contributed by atoms with Gasteiger partial charge in [0.2, 0.25) is 0 Å². The number of fused-ring (bicyclic) bond motifs is 8. The second-order valence-corrected chi connectivity index (χ2v) is 11.6. The Morgan fingerprint density at radius 2 is 1.32 bits per heavy atom. The molecule has 5 aromatic carbocycles. The summed E-state index contributed by atoms with van der Waals surface area (Å²) in [4.78, 5) is 0. The van der Waals surface area contributed by atoms with Crippen LogP contribution in [0.2, 0.25) is 0 Å². The van der Waals surface area contributed by atoms with Gasteiger partial charge in [0.15, 0.2) is 0 Å². The maximum atomic E-state index is 3.95. The van der Waals surface area contributed by atoms with Crippen LogP contribution in [-0.2, 0) is 5.41 Å². The van der Waals surface area contributed by atoms with Gasteiger partial charge in [-0.1, -0.05) is 97.8 Å². The lowest BCUT2D eigenvalue weighted by Crippen LogP contribution is -2.20. The molecule has 1 heterocycles. The van der Waals surface area contributed by atoms with E-state index in [-0.39, 0.29) is 5.41 Å². The van der Waals surface area contributed by atoms with Gasteiger partial charge < -0.3 is 5.32 Å². The van der Waals surface area contributed by atoms with Crippen molar-refractivity contribution in [2.75, 3.05) is 5.32 Å². The highest BCUT2D eigenvalue weighted by Gasteiger charge is 2.45. The summed E-state index contributed by atoms with van der Waals surface area (Å²) in [6.07, 6.45) is 5.09. The molecule has 8 rings (SSSR count). The van der Waals surface area contributed by atoms with Crippen LogP contribution in [-0.4, -0.2) is 0 Å². The second-order valence-electron chi connectivity index (χ2n) is 10.5. The average Bonchev–Trinajstić information content (AvgIpc) is 3.66. The molecule has 0 bridgehead atoms. The first-order valence-corrected chi connectivity index (χ1v) is 14.1. The normalized spacial score (nSPS) is 15.4. The van der Waals surface area contributed by atoms with Crippen molar-refractivity contribution < 1.29 is 0 Å². The van der Waals surface area contributed by atoms with Crippen molar-refractivity contribution >= 4 is 42.9 Å². The van der Waals surface area contributed by atoms with Crippen molar-refractivity contribution in [2.45, 2.75) is 31.1 Å². The Labute approximate surface area is 221 Å². The molecular formula is C35H27NS. The largest absolute Gasteiger partial charge is 0.354 e. The smallest absolute Gasteiger partial charge is 0.0590 e. The van der Waals surface area contributed by atoms with Crippen molar-refractivity contribution in [1.82, 2.24) is 0 Å². The van der Waals surface area contributed by atoms with E-state index < -0.39 is 0 Å². The van der Waals surface area contributed by atoms with Crippen molar-refractivity contribution in [3.05, 3.63) is 120 Å². The first-order valence-electron chi connectivity index (χ1n) is 13.3. The lowest BCUT2D eigenvalue weighted by Gasteiger charge is -2.27. The van der Waals surface area contributed by atoms with Gasteiger partial charge in [0.05, 0.1) is 10.4 Å². The summed E-state index contributed by atoms with van der Waals surface area (Å²) in [7, 11) is 0. The van der Waals surface area contributed by atoms with Gasteiger partial charge in [-0.15, -0.1) is 11.3 Å². The van der Waals surface area contributed by atoms with Crippen LogP contribution < -0.4 is 5.32 Å². The molecule has 1 nitrogen and oxygen atoms in total. The summed E-state index contributed by atoms with van der Waals surface area (Å²) in [5.41, 5.74) is 10.9. The zero-order valence-electron chi connectivity index (χ0n) is 20.6. The van der Waals surface area contributed by atoms with Crippen LogP contribution >= 0.6 is 11.3 Å². The Balaban J connectivity index is 1.37. The first kappa shape index (κ1) is 21.2. The molecular weight excluding hydrogens is 466 g/mol. The highest BCUT2D eigenvalue weighted by molar-refractivity contribution is 7.26. The zero-order valence-corrected chi connectivity index (χ0v) is 21.4. The third-order valence-electron chi connectivity index (χ3n) is 8.62. The van der Waals surface area contributed by atoms with Crippen LogP contribution in [0.3, 0.4) is 0 Å². The van der Waals surface area contributed by atoms with E-state index in [2.05, 4.69) is 115 Å². The van der Waals surface area contributed by atoms with Gasteiger partial charge in [0, 0.05) is 32.1 Å². The molecule has 1 saturated carbocycles. The monoisotopic (exact) mass is 493 g/mol. The van der Waals surface area contributed by atoms with Crippen LogP contribution in [0.4, 0.5) is 11.4 Å². The van der Waals surface area contributed by atoms with Gasteiger partial charge in [-0.25, -0.2) is 0 Å². The van der Waals surface area contributed by atoms with Gasteiger partial charge in [-0.2, -0.15) is 0 Å². The lowest BCUT2D eigenvalue weighted by atomic mass is 9.76. The van der Waals surface area contributed by atoms with E-state index >= 15 is 0 Å². The molecule has 0 atom stereocenters. The maximum absolute atomic E-state index is 3.95. The first-order chi connectivity index (χ1) is 18.3. The minimum absolute atomic E-state index is 0.154. The molecule has 1 aromatic heterocycles. The quantitative estimate of drug-likeness (QED) is 0.258. The van der Waals surface area contributed by atoms with Crippen LogP contribution in [0.15, 0.2) is 109 Å². The molecule has 2 heteroatoms. The fraction of sp³-hybridized carbons (Fsp3) is 0.143. The Bertz CT molecular complexity index is 1800. The van der Waals surface area contributed by atoms with Crippen LogP contribution in [0.25, 0.3) is 42.4 Å². The summed E-state index contributed by atoms with van der Waals surface area (Å²) in [5.74, 6) is 0. The van der Waals surface area contributed by atoms with E-state index in [1.807, 2.05) is 11.3 Å². The molecule has 0 radical (unpaired) electrons. The highest BCUT2D eigenvalue weighted by Crippen LogP contribution is 2.58. The molecule has 0 saturated heterocycles. The molecule has 1 spiro atoms. The predicted molar refractivity (Wildman–Crippen MR) is 159 cm³/mol. The summed E-state index contributed by atoms with van der Waals surface area (Å²) in [6.45, 7) is 0. The topological polar surface area (TPSA) is 12.0 Å². The molecule has 0 unspecified atom stereocenters. The van der Waals surface area contributed by atoms with E-state index in [4.69, 9.17) is 0 Å². The second kappa shape index (κ2) is 8.06. The van der Waals surface area contributed by atoms with Crippen LogP contribution in [0, 0.1) is 0 Å². The number of nitrogens with one attached hydrogen (secondary N) is 1. The van der Waals surface area contributed by atoms with Crippen LogP contribution in [0.5, 0.6) is 0 Å². The molecule has 1 fully saturated rings. The molecule has 0 aliphatic heterocycles. The molecule has 2 aliphatic rings.